The van der Waals surface area contributed by atoms with E-state index in [4.69, 9.17) is 11.6 Å². The number of nitrogens with zero attached hydrogens (tertiary/aromatic N) is 1. The van der Waals surface area contributed by atoms with Crippen LogP contribution in [0.1, 0.15) is 66.4 Å². The highest BCUT2D eigenvalue weighted by Crippen LogP contribution is 2.32. The molecule has 1 fully saturated rings. The molecule has 0 spiro atoms. The van der Waals surface area contributed by atoms with Crippen molar-refractivity contribution >= 4 is 23.2 Å². The summed E-state index contributed by atoms with van der Waals surface area (Å²) in [6.07, 6.45) is 6.63. The molecule has 3 rings (SSSR count). The van der Waals surface area contributed by atoms with Crippen LogP contribution in [-0.2, 0) is 0 Å². The van der Waals surface area contributed by atoms with E-state index in [1.165, 1.54) is 37.7 Å². The van der Waals surface area contributed by atoms with E-state index in [1.807, 2.05) is 6.92 Å². The summed E-state index contributed by atoms with van der Waals surface area (Å²) in [5.41, 5.74) is 6.37. The van der Waals surface area contributed by atoms with Crippen LogP contribution in [0.2, 0.25) is 5.02 Å². The average molecular weight is 355 g/mol. The second kappa shape index (κ2) is 8.30. The molecule has 130 valence electrons. The SMILES string of the molecule is CC(=NNC(=O)c1ccc(Cl)cc1)c1ccc(C2CCCCC2)cc1. The molecule has 3 nitrogen and oxygen atoms in total. The number of halogens is 1. The van der Waals surface area contributed by atoms with Crippen LogP contribution in [0.5, 0.6) is 0 Å². The number of hydrogen-bond donors (Lipinski definition) is 1. The van der Waals surface area contributed by atoms with Crippen LogP contribution in [0, 0.1) is 0 Å². The predicted molar refractivity (Wildman–Crippen MR) is 103 cm³/mol. The maximum Gasteiger partial charge on any atom is 0.271 e. The van der Waals surface area contributed by atoms with Gasteiger partial charge in [-0.05, 0) is 61.1 Å². The molecular weight excluding hydrogens is 332 g/mol. The zero-order valence-corrected chi connectivity index (χ0v) is 15.2. The Morgan fingerprint density at radius 3 is 2.20 bits per heavy atom. The Morgan fingerprint density at radius 1 is 0.960 bits per heavy atom. The normalized spacial score (nSPS) is 15.8. The lowest BCUT2D eigenvalue weighted by Gasteiger charge is -2.22. The van der Waals surface area contributed by atoms with Gasteiger partial charge in [-0.3, -0.25) is 4.79 Å². The first-order valence-corrected chi connectivity index (χ1v) is 9.22. The molecule has 0 atom stereocenters. The molecule has 1 amide bonds. The minimum Gasteiger partial charge on any atom is -0.267 e. The van der Waals surface area contributed by atoms with Gasteiger partial charge in [-0.15, -0.1) is 0 Å². The van der Waals surface area contributed by atoms with Gasteiger partial charge in [0.25, 0.3) is 5.91 Å². The van der Waals surface area contributed by atoms with E-state index in [0.717, 1.165) is 11.3 Å². The van der Waals surface area contributed by atoms with Crippen LogP contribution >= 0.6 is 11.6 Å². The highest BCUT2D eigenvalue weighted by Gasteiger charge is 2.15. The molecule has 0 heterocycles. The zero-order chi connectivity index (χ0) is 17.6. The van der Waals surface area contributed by atoms with Crippen LogP contribution in [0.4, 0.5) is 0 Å². The Balaban J connectivity index is 1.63. The second-order valence-corrected chi connectivity index (χ2v) is 7.04. The summed E-state index contributed by atoms with van der Waals surface area (Å²) >= 11 is 5.83. The Labute approximate surface area is 154 Å². The molecule has 0 aromatic heterocycles. The van der Waals surface area contributed by atoms with Crippen molar-refractivity contribution in [1.29, 1.82) is 0 Å². The summed E-state index contributed by atoms with van der Waals surface area (Å²) in [5, 5.41) is 4.83. The highest BCUT2D eigenvalue weighted by atomic mass is 35.5. The number of rotatable bonds is 4. The predicted octanol–water partition coefficient (Wildman–Crippen LogP) is 5.54. The molecule has 2 aromatic carbocycles. The van der Waals surface area contributed by atoms with E-state index >= 15 is 0 Å². The van der Waals surface area contributed by atoms with Gasteiger partial charge >= 0.3 is 0 Å². The number of carbonyl (C=O) groups excluding carboxylic acids is 1. The summed E-state index contributed by atoms with van der Waals surface area (Å²) in [7, 11) is 0. The first kappa shape index (κ1) is 17.7. The van der Waals surface area contributed by atoms with Crippen LogP contribution in [0.3, 0.4) is 0 Å². The number of hydrazone groups is 1. The van der Waals surface area contributed by atoms with Gasteiger partial charge in [0, 0.05) is 10.6 Å². The van der Waals surface area contributed by atoms with Crippen LogP contribution in [0.15, 0.2) is 53.6 Å². The highest BCUT2D eigenvalue weighted by molar-refractivity contribution is 6.30. The first-order chi connectivity index (χ1) is 12.1. The van der Waals surface area contributed by atoms with Crippen molar-refractivity contribution in [2.75, 3.05) is 0 Å². The Hall–Kier alpha value is -2.13. The quantitative estimate of drug-likeness (QED) is 0.568. The molecule has 1 aliphatic rings. The summed E-state index contributed by atoms with van der Waals surface area (Å²) < 4.78 is 0. The zero-order valence-electron chi connectivity index (χ0n) is 14.5. The summed E-state index contributed by atoms with van der Waals surface area (Å²) in [6, 6.07) is 15.3. The summed E-state index contributed by atoms with van der Waals surface area (Å²) in [6.45, 7) is 1.90. The molecule has 0 aliphatic heterocycles. The van der Waals surface area contributed by atoms with E-state index in [0.29, 0.717) is 16.5 Å². The fourth-order valence-corrected chi connectivity index (χ4v) is 3.42. The average Bonchev–Trinajstić information content (AvgIpc) is 2.67. The van der Waals surface area contributed by atoms with Gasteiger partial charge in [-0.2, -0.15) is 5.10 Å². The minimum atomic E-state index is -0.241. The number of nitrogens with one attached hydrogen (secondary N) is 1. The van der Waals surface area contributed by atoms with Gasteiger partial charge in [0.15, 0.2) is 0 Å². The maximum absolute atomic E-state index is 12.1. The number of hydrogen-bond acceptors (Lipinski definition) is 2. The number of carbonyl (C=O) groups is 1. The van der Waals surface area contributed by atoms with E-state index in [2.05, 4.69) is 34.8 Å². The molecular formula is C21H23ClN2O. The Bertz CT molecular complexity index is 744. The van der Waals surface area contributed by atoms with Crippen molar-refractivity contribution in [3.63, 3.8) is 0 Å². The standard InChI is InChI=1S/C21H23ClN2O/c1-15(23-24-21(25)19-11-13-20(22)14-12-19)16-7-9-18(10-8-16)17-5-3-2-4-6-17/h7-14,17H,2-6H2,1H3,(H,24,25). The molecule has 4 heteroatoms. The smallest absolute Gasteiger partial charge is 0.267 e. The molecule has 25 heavy (non-hydrogen) atoms. The van der Waals surface area contributed by atoms with E-state index in [9.17, 15) is 4.79 Å². The van der Waals surface area contributed by atoms with Crippen molar-refractivity contribution < 1.29 is 4.79 Å². The molecule has 2 aromatic rings. The van der Waals surface area contributed by atoms with Crippen molar-refractivity contribution in [3.8, 4) is 0 Å². The van der Waals surface area contributed by atoms with E-state index in [1.54, 1.807) is 24.3 Å². The fourth-order valence-electron chi connectivity index (χ4n) is 3.30. The van der Waals surface area contributed by atoms with Crippen LogP contribution in [0.25, 0.3) is 0 Å². The largest absolute Gasteiger partial charge is 0.271 e. The van der Waals surface area contributed by atoms with Gasteiger partial charge in [-0.1, -0.05) is 55.1 Å². The molecule has 0 bridgehead atoms. The van der Waals surface area contributed by atoms with Gasteiger partial charge < -0.3 is 0 Å². The molecule has 0 unspecified atom stereocenters. The number of benzene rings is 2. The van der Waals surface area contributed by atoms with E-state index < -0.39 is 0 Å². The van der Waals surface area contributed by atoms with Gasteiger partial charge in [0.2, 0.25) is 0 Å². The van der Waals surface area contributed by atoms with Crippen molar-refractivity contribution in [2.45, 2.75) is 44.9 Å². The lowest BCUT2D eigenvalue weighted by molar-refractivity contribution is 0.0955. The second-order valence-electron chi connectivity index (χ2n) is 6.60. The van der Waals surface area contributed by atoms with Crippen LogP contribution < -0.4 is 5.43 Å². The third-order valence-electron chi connectivity index (χ3n) is 4.84. The van der Waals surface area contributed by atoms with Gasteiger partial charge in [0.1, 0.15) is 0 Å². The third kappa shape index (κ3) is 4.70. The summed E-state index contributed by atoms with van der Waals surface area (Å²) in [5.74, 6) is 0.458. The van der Waals surface area contributed by atoms with Crippen LogP contribution in [-0.4, -0.2) is 11.6 Å². The molecule has 1 saturated carbocycles. The molecule has 1 N–H and O–H groups in total. The molecule has 0 saturated heterocycles. The summed E-state index contributed by atoms with van der Waals surface area (Å²) in [4.78, 5) is 12.1. The van der Waals surface area contributed by atoms with Crippen molar-refractivity contribution in [3.05, 3.63) is 70.2 Å². The topological polar surface area (TPSA) is 41.5 Å². The lowest BCUT2D eigenvalue weighted by Crippen LogP contribution is -2.19. The van der Waals surface area contributed by atoms with Crippen molar-refractivity contribution in [2.24, 2.45) is 5.10 Å². The monoisotopic (exact) mass is 354 g/mol. The molecule has 0 radical (unpaired) electrons. The third-order valence-corrected chi connectivity index (χ3v) is 5.09. The molecule has 1 aliphatic carbocycles. The Kier molecular flexibility index (Phi) is 5.87. The fraction of sp³-hybridized carbons (Fsp3) is 0.333. The van der Waals surface area contributed by atoms with E-state index in [-0.39, 0.29) is 5.91 Å². The lowest BCUT2D eigenvalue weighted by atomic mass is 9.84. The Morgan fingerprint density at radius 2 is 1.56 bits per heavy atom. The maximum atomic E-state index is 12.1. The van der Waals surface area contributed by atoms with Gasteiger partial charge in [0.05, 0.1) is 5.71 Å². The number of amides is 1. The van der Waals surface area contributed by atoms with Crippen molar-refractivity contribution in [1.82, 2.24) is 5.43 Å². The van der Waals surface area contributed by atoms with Gasteiger partial charge in [-0.25, -0.2) is 5.43 Å². The minimum absolute atomic E-state index is 0.241. The first-order valence-electron chi connectivity index (χ1n) is 8.84.